The molecule has 1 heterocycles. The van der Waals surface area contributed by atoms with Gasteiger partial charge in [0.15, 0.2) is 5.96 Å². The van der Waals surface area contributed by atoms with Crippen LogP contribution in [-0.2, 0) is 9.59 Å². The molecule has 3 rings (SSSR count). The molecule has 2 aliphatic carbocycles. The van der Waals surface area contributed by atoms with Crippen LogP contribution in [0.2, 0.25) is 0 Å². The number of nitrogens with zero attached hydrogens (tertiary/aromatic N) is 2. The van der Waals surface area contributed by atoms with Crippen molar-refractivity contribution in [1.82, 2.24) is 15.5 Å². The molecule has 25 heavy (non-hydrogen) atoms. The second-order valence-electron chi connectivity index (χ2n) is 7.70. The molecule has 4 unspecified atom stereocenters. The second-order valence-corrected chi connectivity index (χ2v) is 7.70. The van der Waals surface area contributed by atoms with Crippen LogP contribution >= 0.6 is 0 Å². The lowest BCUT2D eigenvalue weighted by molar-refractivity contribution is -0.140. The first kappa shape index (κ1) is 18.0. The van der Waals surface area contributed by atoms with Crippen molar-refractivity contribution in [3.63, 3.8) is 0 Å². The molecule has 2 N–H and O–H groups in total. The zero-order chi connectivity index (χ0) is 18.0. The number of hydrogen-bond donors (Lipinski definition) is 2. The van der Waals surface area contributed by atoms with Gasteiger partial charge in [0.05, 0.1) is 11.8 Å². The third kappa shape index (κ3) is 3.58. The number of fused-ring (bicyclic) bond motifs is 5. The van der Waals surface area contributed by atoms with Gasteiger partial charge in [0.1, 0.15) is 0 Å². The van der Waals surface area contributed by atoms with Crippen LogP contribution in [-0.4, -0.2) is 48.9 Å². The summed E-state index contributed by atoms with van der Waals surface area (Å²) in [7, 11) is 0. The van der Waals surface area contributed by atoms with Crippen molar-refractivity contribution in [2.24, 2.45) is 34.6 Å². The second kappa shape index (κ2) is 7.58. The molecule has 6 heteroatoms. The van der Waals surface area contributed by atoms with Crippen molar-refractivity contribution >= 4 is 17.8 Å². The van der Waals surface area contributed by atoms with Gasteiger partial charge in [-0.1, -0.05) is 26.0 Å². The Labute approximate surface area is 150 Å². The van der Waals surface area contributed by atoms with Gasteiger partial charge in [-0.05, 0) is 37.5 Å². The lowest BCUT2D eigenvalue weighted by Crippen LogP contribution is -2.43. The number of nitrogens with one attached hydrogen (secondary N) is 2. The topological polar surface area (TPSA) is 73.8 Å². The van der Waals surface area contributed by atoms with E-state index in [9.17, 15) is 9.59 Å². The first-order chi connectivity index (χ1) is 12.0. The molecule has 2 fully saturated rings. The molecule has 0 spiro atoms. The molecular formula is C19H30N4O2. The van der Waals surface area contributed by atoms with Crippen molar-refractivity contribution in [1.29, 1.82) is 0 Å². The van der Waals surface area contributed by atoms with E-state index in [-0.39, 0.29) is 35.5 Å². The Morgan fingerprint density at radius 1 is 1.20 bits per heavy atom. The number of likely N-dealkylation sites (tertiary alicyclic amines) is 1. The van der Waals surface area contributed by atoms with Gasteiger partial charge in [0.25, 0.3) is 0 Å². The average molecular weight is 346 g/mol. The SMILES string of the molecule is CCNC(=NCCC(C)C)NCCN1C(=O)C2C3C=CC(C3)C2C1=O. The molecule has 1 aliphatic heterocycles. The first-order valence-corrected chi connectivity index (χ1v) is 9.58. The molecular weight excluding hydrogens is 316 g/mol. The maximum absolute atomic E-state index is 12.6. The predicted octanol–water partition coefficient (Wildman–Crippen LogP) is 1.39. The van der Waals surface area contributed by atoms with E-state index in [2.05, 4.69) is 41.6 Å². The molecule has 1 saturated carbocycles. The van der Waals surface area contributed by atoms with Gasteiger partial charge in [0, 0.05) is 26.2 Å². The summed E-state index contributed by atoms with van der Waals surface area (Å²) in [5.41, 5.74) is 0. The van der Waals surface area contributed by atoms with Crippen molar-refractivity contribution in [3.05, 3.63) is 12.2 Å². The molecule has 0 aromatic carbocycles. The Kier molecular flexibility index (Phi) is 5.45. The number of carbonyl (C=O) groups is 2. The Morgan fingerprint density at radius 2 is 1.84 bits per heavy atom. The summed E-state index contributed by atoms with van der Waals surface area (Å²) in [5.74, 6) is 1.77. The maximum atomic E-state index is 12.6. The fourth-order valence-electron chi connectivity index (χ4n) is 4.25. The summed E-state index contributed by atoms with van der Waals surface area (Å²) >= 11 is 0. The van der Waals surface area contributed by atoms with Crippen molar-refractivity contribution in [2.75, 3.05) is 26.2 Å². The van der Waals surface area contributed by atoms with Gasteiger partial charge >= 0.3 is 0 Å². The molecule has 0 aromatic heterocycles. The standard InChI is InChI=1S/C19H30N4O2/c1-4-20-19(21-8-7-12(2)3)22-9-10-23-17(24)15-13-5-6-14(11-13)16(15)18(23)25/h5-6,12-16H,4,7-11H2,1-3H3,(H2,20,21,22). The Hall–Kier alpha value is -1.85. The minimum atomic E-state index is -0.101. The number of allylic oxidation sites excluding steroid dienone is 2. The minimum absolute atomic E-state index is 0.0235. The van der Waals surface area contributed by atoms with Crippen LogP contribution in [0.4, 0.5) is 0 Å². The van der Waals surface area contributed by atoms with Crippen LogP contribution in [0.3, 0.4) is 0 Å². The van der Waals surface area contributed by atoms with Crippen LogP contribution in [0, 0.1) is 29.6 Å². The number of imide groups is 1. The largest absolute Gasteiger partial charge is 0.357 e. The van der Waals surface area contributed by atoms with E-state index in [0.717, 1.165) is 31.9 Å². The van der Waals surface area contributed by atoms with Gasteiger partial charge in [-0.2, -0.15) is 0 Å². The molecule has 0 radical (unpaired) electrons. The Balaban J connectivity index is 1.51. The molecule has 2 bridgehead atoms. The highest BCUT2D eigenvalue weighted by molar-refractivity contribution is 6.06. The lowest BCUT2D eigenvalue weighted by Gasteiger charge is -2.18. The van der Waals surface area contributed by atoms with Crippen LogP contribution < -0.4 is 10.6 Å². The third-order valence-corrected chi connectivity index (χ3v) is 5.51. The van der Waals surface area contributed by atoms with Crippen molar-refractivity contribution in [2.45, 2.75) is 33.6 Å². The Bertz CT molecular complexity index is 554. The molecule has 2 amide bonds. The summed E-state index contributed by atoms with van der Waals surface area (Å²) in [6.07, 6.45) is 6.28. The van der Waals surface area contributed by atoms with E-state index >= 15 is 0 Å². The highest BCUT2D eigenvalue weighted by atomic mass is 16.2. The Morgan fingerprint density at radius 3 is 2.40 bits per heavy atom. The van der Waals surface area contributed by atoms with E-state index in [0.29, 0.717) is 19.0 Å². The smallest absolute Gasteiger partial charge is 0.233 e. The fourth-order valence-corrected chi connectivity index (χ4v) is 4.25. The summed E-state index contributed by atoms with van der Waals surface area (Å²) in [6.45, 7) is 8.89. The number of carbonyl (C=O) groups excluding carboxylic acids is 2. The normalized spacial score (nSPS) is 30.6. The monoisotopic (exact) mass is 346 g/mol. The van der Waals surface area contributed by atoms with Crippen molar-refractivity contribution in [3.8, 4) is 0 Å². The average Bonchev–Trinajstić information content (AvgIpc) is 3.23. The number of rotatable bonds is 7. The number of guanidine groups is 1. The van der Waals surface area contributed by atoms with Gasteiger partial charge in [-0.15, -0.1) is 0 Å². The highest BCUT2D eigenvalue weighted by Gasteiger charge is 2.58. The van der Waals surface area contributed by atoms with Crippen LogP contribution in [0.1, 0.15) is 33.6 Å². The number of aliphatic imine (C=N–C) groups is 1. The number of amides is 2. The molecule has 1 saturated heterocycles. The summed E-state index contributed by atoms with van der Waals surface area (Å²) in [6, 6.07) is 0. The van der Waals surface area contributed by atoms with Crippen LogP contribution in [0.25, 0.3) is 0 Å². The summed E-state index contributed by atoms with van der Waals surface area (Å²) in [4.78, 5) is 31.3. The zero-order valence-electron chi connectivity index (χ0n) is 15.5. The quantitative estimate of drug-likeness (QED) is 0.316. The number of hydrogen-bond acceptors (Lipinski definition) is 3. The molecule has 0 aromatic rings. The van der Waals surface area contributed by atoms with E-state index in [1.54, 1.807) is 0 Å². The molecule has 4 atom stereocenters. The van der Waals surface area contributed by atoms with E-state index in [1.165, 1.54) is 4.90 Å². The summed E-state index contributed by atoms with van der Waals surface area (Å²) < 4.78 is 0. The van der Waals surface area contributed by atoms with Crippen LogP contribution in [0.15, 0.2) is 17.1 Å². The summed E-state index contributed by atoms with van der Waals surface area (Å²) in [5, 5.41) is 6.45. The van der Waals surface area contributed by atoms with E-state index < -0.39 is 0 Å². The highest BCUT2D eigenvalue weighted by Crippen LogP contribution is 2.52. The van der Waals surface area contributed by atoms with Gasteiger partial charge in [-0.25, -0.2) is 0 Å². The molecule has 6 nitrogen and oxygen atoms in total. The van der Waals surface area contributed by atoms with Gasteiger partial charge in [0.2, 0.25) is 11.8 Å². The van der Waals surface area contributed by atoms with Crippen LogP contribution in [0.5, 0.6) is 0 Å². The van der Waals surface area contributed by atoms with Gasteiger partial charge < -0.3 is 10.6 Å². The minimum Gasteiger partial charge on any atom is -0.357 e. The zero-order valence-corrected chi connectivity index (χ0v) is 15.5. The van der Waals surface area contributed by atoms with E-state index in [4.69, 9.17) is 0 Å². The predicted molar refractivity (Wildman–Crippen MR) is 97.9 cm³/mol. The third-order valence-electron chi connectivity index (χ3n) is 5.51. The first-order valence-electron chi connectivity index (χ1n) is 9.58. The van der Waals surface area contributed by atoms with Crippen molar-refractivity contribution < 1.29 is 9.59 Å². The van der Waals surface area contributed by atoms with Gasteiger partial charge in [-0.3, -0.25) is 19.5 Å². The van der Waals surface area contributed by atoms with E-state index in [1.807, 2.05) is 6.92 Å². The fraction of sp³-hybridized carbons (Fsp3) is 0.737. The lowest BCUT2D eigenvalue weighted by atomic mass is 9.85. The molecule has 3 aliphatic rings. The molecule has 138 valence electrons. The maximum Gasteiger partial charge on any atom is 0.233 e.